The summed E-state index contributed by atoms with van der Waals surface area (Å²) in [7, 11) is 0. The van der Waals surface area contributed by atoms with Gasteiger partial charge >= 0.3 is 0 Å². The minimum Gasteiger partial charge on any atom is -0.381 e. The molecule has 3 rings (SSSR count). The van der Waals surface area contributed by atoms with E-state index in [0.29, 0.717) is 49.2 Å². The van der Waals surface area contributed by atoms with Crippen LogP contribution in [0.3, 0.4) is 0 Å². The number of piperidine rings is 1. The lowest BCUT2D eigenvalue weighted by molar-refractivity contribution is -0.131. The molecule has 0 aliphatic carbocycles. The van der Waals surface area contributed by atoms with Gasteiger partial charge in [-0.25, -0.2) is 0 Å². The zero-order chi connectivity index (χ0) is 21.6. The van der Waals surface area contributed by atoms with Crippen molar-refractivity contribution in [3.63, 3.8) is 0 Å². The highest BCUT2D eigenvalue weighted by Crippen LogP contribution is 2.40. The summed E-state index contributed by atoms with van der Waals surface area (Å²) in [4.78, 5) is 27.5. The molecule has 0 saturated carbocycles. The van der Waals surface area contributed by atoms with E-state index in [1.165, 1.54) is 0 Å². The van der Waals surface area contributed by atoms with E-state index in [0.717, 1.165) is 37.9 Å². The second-order valence-corrected chi connectivity index (χ2v) is 9.04. The molecule has 0 radical (unpaired) electrons. The first-order valence-electron chi connectivity index (χ1n) is 10.8. The van der Waals surface area contributed by atoms with Crippen molar-refractivity contribution in [3.8, 4) is 0 Å². The zero-order valence-electron chi connectivity index (χ0n) is 17.5. The van der Waals surface area contributed by atoms with E-state index in [9.17, 15) is 9.59 Å². The van der Waals surface area contributed by atoms with E-state index in [1.54, 1.807) is 12.1 Å². The number of benzene rings is 1. The van der Waals surface area contributed by atoms with Crippen LogP contribution in [0.1, 0.15) is 44.6 Å². The summed E-state index contributed by atoms with van der Waals surface area (Å²) in [6.45, 7) is 5.81. The van der Waals surface area contributed by atoms with Gasteiger partial charge in [-0.1, -0.05) is 36.2 Å². The first-order chi connectivity index (χ1) is 14.4. The molecule has 2 heterocycles. The van der Waals surface area contributed by atoms with Crippen molar-refractivity contribution < 1.29 is 14.3 Å². The van der Waals surface area contributed by atoms with Crippen LogP contribution in [0.4, 0.5) is 0 Å². The van der Waals surface area contributed by atoms with Gasteiger partial charge in [0, 0.05) is 48.9 Å². The predicted octanol–water partition coefficient (Wildman–Crippen LogP) is 3.15. The minimum atomic E-state index is -0.697. The topological polar surface area (TPSA) is 70.7 Å². The third kappa shape index (κ3) is 5.67. The summed E-state index contributed by atoms with van der Waals surface area (Å²) in [5, 5.41) is 7.26. The first kappa shape index (κ1) is 23.3. The summed E-state index contributed by atoms with van der Waals surface area (Å²) in [5.74, 6) is 0.0760. The number of rotatable bonds is 7. The molecule has 0 spiro atoms. The van der Waals surface area contributed by atoms with Crippen molar-refractivity contribution in [2.24, 2.45) is 0 Å². The maximum absolute atomic E-state index is 13.5. The SMILES string of the molecule is CCCNC(=O)CN1CCC(NC(=O)C2(c3ccc(Cl)cc3Cl)CCOCC2)CC1. The normalized spacial score (nSPS) is 20.0. The molecule has 0 atom stereocenters. The van der Waals surface area contributed by atoms with Crippen LogP contribution in [0.15, 0.2) is 18.2 Å². The number of ether oxygens (including phenoxy) is 1. The molecule has 0 unspecified atom stereocenters. The molecule has 2 fully saturated rings. The van der Waals surface area contributed by atoms with Gasteiger partial charge in [0.2, 0.25) is 11.8 Å². The number of amides is 2. The number of hydrogen-bond acceptors (Lipinski definition) is 4. The van der Waals surface area contributed by atoms with Crippen molar-refractivity contribution in [2.45, 2.75) is 50.5 Å². The van der Waals surface area contributed by atoms with Gasteiger partial charge in [0.1, 0.15) is 0 Å². The Morgan fingerprint density at radius 2 is 1.90 bits per heavy atom. The fourth-order valence-electron chi connectivity index (χ4n) is 4.30. The Kier molecular flexibility index (Phi) is 8.40. The summed E-state index contributed by atoms with van der Waals surface area (Å²) in [6.07, 6.45) is 3.78. The lowest BCUT2D eigenvalue weighted by Crippen LogP contribution is -2.54. The monoisotopic (exact) mass is 455 g/mol. The predicted molar refractivity (Wildman–Crippen MR) is 119 cm³/mol. The van der Waals surface area contributed by atoms with E-state index in [2.05, 4.69) is 15.5 Å². The van der Waals surface area contributed by atoms with Gasteiger partial charge in [-0.05, 0) is 49.8 Å². The highest BCUT2D eigenvalue weighted by molar-refractivity contribution is 6.35. The van der Waals surface area contributed by atoms with Crippen LogP contribution in [0.2, 0.25) is 10.0 Å². The van der Waals surface area contributed by atoms with E-state index < -0.39 is 5.41 Å². The standard InChI is InChI=1S/C22H31Cl2N3O3/c1-2-9-25-20(28)15-27-10-5-17(6-11-27)26-21(29)22(7-12-30-13-8-22)18-4-3-16(23)14-19(18)24/h3-4,14,17H,2,5-13,15H2,1H3,(H,25,28)(H,26,29). The number of nitrogens with one attached hydrogen (secondary N) is 2. The lowest BCUT2D eigenvalue weighted by Gasteiger charge is -2.39. The molecular formula is C22H31Cl2N3O3. The quantitative estimate of drug-likeness (QED) is 0.662. The van der Waals surface area contributed by atoms with Crippen LogP contribution in [0.25, 0.3) is 0 Å². The van der Waals surface area contributed by atoms with Gasteiger partial charge in [-0.2, -0.15) is 0 Å². The average molecular weight is 456 g/mol. The second-order valence-electron chi connectivity index (χ2n) is 8.19. The molecule has 166 valence electrons. The minimum absolute atomic E-state index is 0.00848. The van der Waals surface area contributed by atoms with Gasteiger partial charge in [0.15, 0.2) is 0 Å². The van der Waals surface area contributed by atoms with Crippen LogP contribution < -0.4 is 10.6 Å². The van der Waals surface area contributed by atoms with E-state index in [4.69, 9.17) is 27.9 Å². The molecular weight excluding hydrogens is 425 g/mol. The highest BCUT2D eigenvalue weighted by atomic mass is 35.5. The van der Waals surface area contributed by atoms with Crippen LogP contribution in [0, 0.1) is 0 Å². The summed E-state index contributed by atoms with van der Waals surface area (Å²) in [5.41, 5.74) is 0.122. The number of halogens is 2. The Balaban J connectivity index is 1.61. The van der Waals surface area contributed by atoms with Gasteiger partial charge in [0.25, 0.3) is 0 Å². The molecule has 2 amide bonds. The van der Waals surface area contributed by atoms with Crippen molar-refractivity contribution in [2.75, 3.05) is 39.4 Å². The Labute approximate surface area is 188 Å². The van der Waals surface area contributed by atoms with E-state index >= 15 is 0 Å². The Hall–Kier alpha value is -1.34. The molecule has 8 heteroatoms. The van der Waals surface area contributed by atoms with Crippen LogP contribution >= 0.6 is 23.2 Å². The van der Waals surface area contributed by atoms with Gasteiger partial charge in [0.05, 0.1) is 12.0 Å². The van der Waals surface area contributed by atoms with Crippen molar-refractivity contribution in [3.05, 3.63) is 33.8 Å². The van der Waals surface area contributed by atoms with Crippen molar-refractivity contribution in [1.29, 1.82) is 0 Å². The van der Waals surface area contributed by atoms with Crippen LogP contribution in [0.5, 0.6) is 0 Å². The lowest BCUT2D eigenvalue weighted by atomic mass is 9.73. The third-order valence-electron chi connectivity index (χ3n) is 6.09. The largest absolute Gasteiger partial charge is 0.381 e. The smallest absolute Gasteiger partial charge is 0.234 e. The molecule has 1 aromatic rings. The van der Waals surface area contributed by atoms with Gasteiger partial charge in [-0.3, -0.25) is 14.5 Å². The van der Waals surface area contributed by atoms with E-state index in [-0.39, 0.29) is 17.9 Å². The molecule has 2 N–H and O–H groups in total. The van der Waals surface area contributed by atoms with Crippen LogP contribution in [-0.4, -0.2) is 62.1 Å². The van der Waals surface area contributed by atoms with Crippen molar-refractivity contribution in [1.82, 2.24) is 15.5 Å². The second kappa shape index (κ2) is 10.8. The number of carbonyl (C=O) groups excluding carboxylic acids is 2. The Morgan fingerprint density at radius 3 is 2.53 bits per heavy atom. The molecule has 6 nitrogen and oxygen atoms in total. The first-order valence-corrected chi connectivity index (χ1v) is 11.5. The Bertz CT molecular complexity index is 745. The summed E-state index contributed by atoms with van der Waals surface area (Å²) >= 11 is 12.6. The number of hydrogen-bond donors (Lipinski definition) is 2. The van der Waals surface area contributed by atoms with Crippen molar-refractivity contribution >= 4 is 35.0 Å². The molecule has 2 aliphatic rings. The fourth-order valence-corrected chi connectivity index (χ4v) is 4.89. The number of nitrogens with zero attached hydrogens (tertiary/aromatic N) is 1. The number of likely N-dealkylation sites (tertiary alicyclic amines) is 1. The van der Waals surface area contributed by atoms with E-state index in [1.807, 2.05) is 13.0 Å². The highest BCUT2D eigenvalue weighted by Gasteiger charge is 2.43. The Morgan fingerprint density at radius 1 is 1.20 bits per heavy atom. The molecule has 2 aliphatic heterocycles. The average Bonchev–Trinajstić information content (AvgIpc) is 2.74. The molecule has 2 saturated heterocycles. The van der Waals surface area contributed by atoms with Gasteiger partial charge in [-0.15, -0.1) is 0 Å². The summed E-state index contributed by atoms with van der Waals surface area (Å²) < 4.78 is 5.54. The van der Waals surface area contributed by atoms with Crippen LogP contribution in [-0.2, 0) is 19.7 Å². The van der Waals surface area contributed by atoms with Gasteiger partial charge < -0.3 is 15.4 Å². The third-order valence-corrected chi connectivity index (χ3v) is 6.64. The molecule has 1 aromatic carbocycles. The zero-order valence-corrected chi connectivity index (χ0v) is 19.0. The summed E-state index contributed by atoms with van der Waals surface area (Å²) in [6, 6.07) is 5.45. The maximum Gasteiger partial charge on any atom is 0.234 e. The number of carbonyl (C=O) groups is 2. The molecule has 30 heavy (non-hydrogen) atoms. The molecule has 0 aromatic heterocycles. The fraction of sp³-hybridized carbons (Fsp3) is 0.636. The molecule has 0 bridgehead atoms. The maximum atomic E-state index is 13.5.